The molecule has 9 aromatic carbocycles. The van der Waals surface area contributed by atoms with Gasteiger partial charge in [-0.3, -0.25) is 0 Å². The van der Waals surface area contributed by atoms with Gasteiger partial charge in [0.05, 0.1) is 21.8 Å². The molecule has 0 heterocycles. The third kappa shape index (κ3) is 6.02. The van der Waals surface area contributed by atoms with Gasteiger partial charge in [0.2, 0.25) is 0 Å². The van der Waals surface area contributed by atoms with E-state index in [0.29, 0.717) is 0 Å². The van der Waals surface area contributed by atoms with Gasteiger partial charge in [0.25, 0.3) is 0 Å². The van der Waals surface area contributed by atoms with Crippen LogP contribution in [-0.2, 0) is 4.66 Å². The van der Waals surface area contributed by atoms with Crippen LogP contribution in [0.3, 0.4) is 0 Å². The Kier molecular flexibility index (Phi) is 9.24. The highest BCUT2D eigenvalue weighted by Gasteiger charge is 2.60. The summed E-state index contributed by atoms with van der Waals surface area (Å²) < 4.78 is -0.126. The average molecular weight is 823 g/mol. The first-order valence-electron chi connectivity index (χ1n) is 21.8. The molecule has 0 bridgehead atoms. The average Bonchev–Trinajstić information content (AvgIpc) is 3.60. The van der Waals surface area contributed by atoms with E-state index >= 15 is 0 Å². The highest BCUT2D eigenvalue weighted by molar-refractivity contribution is 7.00. The summed E-state index contributed by atoms with van der Waals surface area (Å²) in [6.45, 7) is 20.2. The van der Waals surface area contributed by atoms with Gasteiger partial charge in [-0.1, -0.05) is 166 Å². The lowest BCUT2D eigenvalue weighted by Gasteiger charge is -2.52. The summed E-state index contributed by atoms with van der Waals surface area (Å²) in [5.41, 5.74) is 15.5. The molecule has 1 aliphatic rings. The van der Waals surface area contributed by atoms with E-state index in [4.69, 9.17) is 0 Å². The van der Waals surface area contributed by atoms with E-state index in [1.54, 1.807) is 5.56 Å². The van der Waals surface area contributed by atoms with Crippen molar-refractivity contribution in [1.29, 1.82) is 0 Å². The van der Waals surface area contributed by atoms with Crippen LogP contribution in [0, 0.1) is 13.8 Å². The molecule has 300 valence electrons. The molecular weight excluding hydrogens is 769 g/mol. The zero-order valence-corrected chi connectivity index (χ0v) is 38.7. The summed E-state index contributed by atoms with van der Waals surface area (Å²) in [5, 5.41) is 7.97. The van der Waals surface area contributed by atoms with E-state index in [9.17, 15) is 0 Å². The molecule has 0 amide bonds. The van der Waals surface area contributed by atoms with Gasteiger partial charge in [-0.05, 0) is 130 Å². The molecule has 0 atom stereocenters. The Labute approximate surface area is 363 Å². The number of fused-ring (bicyclic) bond motifs is 10. The molecule has 0 aromatic heterocycles. The number of hydrogen-bond donors (Lipinski definition) is 0. The summed E-state index contributed by atoms with van der Waals surface area (Å²) in [6, 6.07) is 68.4. The molecule has 0 saturated heterocycles. The van der Waals surface area contributed by atoms with Gasteiger partial charge < -0.3 is 9.80 Å². The minimum absolute atomic E-state index is 0.126. The van der Waals surface area contributed by atoms with Crippen LogP contribution in [0.2, 0.25) is 39.3 Å². The fourth-order valence-corrected chi connectivity index (χ4v) is 24.3. The minimum Gasteiger partial charge on any atom is -0.310 e. The normalized spacial score (nSPS) is 13.4. The molecule has 0 saturated carbocycles. The molecule has 0 N–H and O–H groups in total. The maximum atomic E-state index is 2.66. The summed E-state index contributed by atoms with van der Waals surface area (Å²) in [6.07, 6.45) is 0. The predicted octanol–water partition coefficient (Wildman–Crippen LogP) is 16.7. The summed E-state index contributed by atoms with van der Waals surface area (Å²) >= 11 is 0. The molecule has 0 radical (unpaired) electrons. The van der Waals surface area contributed by atoms with Crippen molar-refractivity contribution in [2.24, 2.45) is 0 Å². The smallest absolute Gasteiger partial charge is 0.0579 e. The van der Waals surface area contributed by atoms with Gasteiger partial charge in [0.15, 0.2) is 0 Å². The second-order valence-corrected chi connectivity index (χ2v) is 30.2. The van der Waals surface area contributed by atoms with Crippen LogP contribution in [0.15, 0.2) is 182 Å². The van der Waals surface area contributed by atoms with E-state index in [1.165, 1.54) is 82.9 Å². The standard InChI is InChI=1S/C57H54N2Si2/c1-39-27-31-43(32-28-39)58(41-19-11-9-12-20-41)45-35-36-50-51(37-45)46-23-15-17-25-48(46)55-54-49-26-18-16-24-47(49)53(38-52(54)57(56(50)55,60(3,4)5)61(6,7)8)59(42-21-13-10-14-22-42)44-33-29-40(2)30-34-44/h9-38H,1-8H3. The van der Waals surface area contributed by atoms with Gasteiger partial charge in [0.1, 0.15) is 0 Å². The second-order valence-electron chi connectivity index (χ2n) is 19.2. The topological polar surface area (TPSA) is 6.48 Å². The highest BCUT2D eigenvalue weighted by atomic mass is 28.4. The lowest BCUT2D eigenvalue weighted by Crippen LogP contribution is -2.63. The van der Waals surface area contributed by atoms with Crippen molar-refractivity contribution in [3.05, 3.63) is 204 Å². The lowest BCUT2D eigenvalue weighted by molar-refractivity contribution is 0.963. The third-order valence-electron chi connectivity index (χ3n) is 13.4. The molecule has 9 aromatic rings. The summed E-state index contributed by atoms with van der Waals surface area (Å²) in [5.74, 6) is 0. The SMILES string of the molecule is Cc1ccc(N(c2ccccc2)c2ccc3c4c(c5ccccc5c3c2)-c2c(cc(N(c3ccccc3)c3ccc(C)cc3)c3ccccc23)C4([Si](C)(C)C)[Si](C)(C)C)cc1. The van der Waals surface area contributed by atoms with Crippen molar-refractivity contribution in [2.75, 3.05) is 9.80 Å². The number of benzene rings is 9. The first kappa shape index (κ1) is 39.0. The molecule has 10 rings (SSSR count). The number of rotatable bonds is 8. The van der Waals surface area contributed by atoms with Crippen molar-refractivity contribution >= 4 is 82.6 Å². The minimum atomic E-state index is -2.14. The van der Waals surface area contributed by atoms with E-state index in [-0.39, 0.29) is 4.66 Å². The van der Waals surface area contributed by atoms with Gasteiger partial charge in [0, 0.05) is 38.5 Å². The maximum Gasteiger partial charge on any atom is 0.0579 e. The fraction of sp³-hybridized carbons (Fsp3) is 0.158. The fourth-order valence-electron chi connectivity index (χ4n) is 11.3. The van der Waals surface area contributed by atoms with Gasteiger partial charge in [-0.25, -0.2) is 0 Å². The molecule has 0 fully saturated rings. The zero-order chi connectivity index (χ0) is 42.3. The Balaban J connectivity index is 1.35. The van der Waals surface area contributed by atoms with Crippen LogP contribution in [0.1, 0.15) is 22.3 Å². The molecule has 61 heavy (non-hydrogen) atoms. The summed E-state index contributed by atoms with van der Waals surface area (Å²) in [4.78, 5) is 4.93. The largest absolute Gasteiger partial charge is 0.310 e. The van der Waals surface area contributed by atoms with E-state index in [0.717, 1.165) is 11.4 Å². The van der Waals surface area contributed by atoms with Crippen LogP contribution in [0.5, 0.6) is 0 Å². The Morgan fingerprint density at radius 2 is 0.770 bits per heavy atom. The molecule has 0 unspecified atom stereocenters. The molecule has 0 aliphatic heterocycles. The van der Waals surface area contributed by atoms with Gasteiger partial charge in [-0.15, -0.1) is 0 Å². The summed E-state index contributed by atoms with van der Waals surface area (Å²) in [7, 11) is -4.28. The number of aryl methyl sites for hydroxylation is 2. The Morgan fingerprint density at radius 3 is 1.31 bits per heavy atom. The van der Waals surface area contributed by atoms with Crippen LogP contribution in [-0.4, -0.2) is 16.1 Å². The molecule has 2 nitrogen and oxygen atoms in total. The molecular formula is C57H54N2Si2. The predicted molar refractivity (Wildman–Crippen MR) is 271 cm³/mol. The highest BCUT2D eigenvalue weighted by Crippen LogP contribution is 2.64. The molecule has 1 aliphatic carbocycles. The zero-order valence-electron chi connectivity index (χ0n) is 36.7. The van der Waals surface area contributed by atoms with Crippen molar-refractivity contribution in [2.45, 2.75) is 57.8 Å². The quantitative estimate of drug-likeness (QED) is 0.111. The number of para-hydroxylation sites is 2. The Morgan fingerprint density at radius 1 is 0.344 bits per heavy atom. The first-order valence-corrected chi connectivity index (χ1v) is 28.8. The lowest BCUT2D eigenvalue weighted by atomic mass is 9.89. The molecule has 0 spiro atoms. The number of anilines is 6. The first-order chi connectivity index (χ1) is 29.4. The van der Waals surface area contributed by atoms with E-state index in [2.05, 4.69) is 245 Å². The van der Waals surface area contributed by atoms with Crippen LogP contribution in [0.25, 0.3) is 43.4 Å². The van der Waals surface area contributed by atoms with E-state index < -0.39 is 16.1 Å². The maximum absolute atomic E-state index is 2.66. The Bertz CT molecular complexity index is 3090. The van der Waals surface area contributed by atoms with Crippen LogP contribution < -0.4 is 9.80 Å². The number of nitrogens with zero attached hydrogens (tertiary/aromatic N) is 2. The van der Waals surface area contributed by atoms with Crippen molar-refractivity contribution in [1.82, 2.24) is 0 Å². The number of hydrogen-bond acceptors (Lipinski definition) is 2. The van der Waals surface area contributed by atoms with Gasteiger partial charge >= 0.3 is 0 Å². The monoisotopic (exact) mass is 822 g/mol. The van der Waals surface area contributed by atoms with E-state index in [1.807, 2.05) is 0 Å². The van der Waals surface area contributed by atoms with Crippen LogP contribution >= 0.6 is 0 Å². The van der Waals surface area contributed by atoms with Crippen molar-refractivity contribution in [3.8, 4) is 11.1 Å². The third-order valence-corrected chi connectivity index (χ3v) is 23.5. The second kappa shape index (κ2) is 14.5. The van der Waals surface area contributed by atoms with Gasteiger partial charge in [-0.2, -0.15) is 0 Å². The van der Waals surface area contributed by atoms with Crippen molar-refractivity contribution < 1.29 is 0 Å². The van der Waals surface area contributed by atoms with Crippen LogP contribution in [0.4, 0.5) is 34.1 Å². The Hall–Kier alpha value is -6.21. The molecule has 4 heteroatoms. The van der Waals surface area contributed by atoms with Crippen molar-refractivity contribution in [3.63, 3.8) is 0 Å².